The molecular weight excluding hydrogens is 224 g/mol. The van der Waals surface area contributed by atoms with Crippen LogP contribution >= 0.6 is 0 Å². The zero-order chi connectivity index (χ0) is 12.8. The Kier molecular flexibility index (Phi) is 4.65. The van der Waals surface area contributed by atoms with Crippen LogP contribution in [0.2, 0.25) is 0 Å². The van der Waals surface area contributed by atoms with E-state index in [0.29, 0.717) is 12.4 Å². The van der Waals surface area contributed by atoms with E-state index in [-0.39, 0.29) is 5.60 Å². The number of hydrogen-bond donors (Lipinski definition) is 1. The van der Waals surface area contributed by atoms with Crippen LogP contribution in [0.3, 0.4) is 0 Å². The quantitative estimate of drug-likeness (QED) is 0.836. The van der Waals surface area contributed by atoms with Crippen molar-refractivity contribution in [3.05, 3.63) is 29.8 Å². The van der Waals surface area contributed by atoms with Crippen molar-refractivity contribution in [2.24, 2.45) is 0 Å². The van der Waals surface area contributed by atoms with Crippen LogP contribution in [0.5, 0.6) is 5.75 Å². The van der Waals surface area contributed by atoms with E-state index in [1.54, 1.807) is 6.07 Å². The molecule has 2 rings (SSSR count). The molecule has 0 aliphatic heterocycles. The third kappa shape index (κ3) is 3.26. The van der Waals surface area contributed by atoms with Crippen molar-refractivity contribution < 1.29 is 9.84 Å². The number of hydrogen-bond acceptors (Lipinski definition) is 2. The van der Waals surface area contributed by atoms with E-state index in [1.165, 1.54) is 38.5 Å². The minimum Gasteiger partial charge on any atom is -0.508 e. The second-order valence-electron chi connectivity index (χ2n) is 5.41. The topological polar surface area (TPSA) is 29.5 Å². The van der Waals surface area contributed by atoms with Crippen LogP contribution in [0.4, 0.5) is 0 Å². The average Bonchev–Trinajstić information content (AvgIpc) is 2.39. The molecule has 1 N–H and O–H groups in total. The van der Waals surface area contributed by atoms with Crippen molar-refractivity contribution in [1.82, 2.24) is 0 Å². The van der Waals surface area contributed by atoms with E-state index in [0.717, 1.165) is 12.0 Å². The summed E-state index contributed by atoms with van der Waals surface area (Å²) in [5.74, 6) is 0.347. The van der Waals surface area contributed by atoms with Crippen molar-refractivity contribution in [3.8, 4) is 5.75 Å². The highest BCUT2D eigenvalue weighted by Crippen LogP contribution is 2.36. The molecule has 1 aliphatic carbocycles. The fourth-order valence-corrected chi connectivity index (χ4v) is 2.98. The first-order valence-corrected chi connectivity index (χ1v) is 7.17. The maximum atomic E-state index is 9.77. The molecule has 1 fully saturated rings. The Labute approximate surface area is 110 Å². The standard InChI is InChI=1S/C16H24O2/c1-2-10-16(11-6-3-7-12-16)18-13-14-8-4-5-9-15(14)17/h4-5,8-9,17H,2-3,6-7,10-13H2,1H3. The molecule has 0 aromatic heterocycles. The molecule has 18 heavy (non-hydrogen) atoms. The Balaban J connectivity index is 1.99. The van der Waals surface area contributed by atoms with Gasteiger partial charge < -0.3 is 9.84 Å². The fraction of sp³-hybridized carbons (Fsp3) is 0.625. The van der Waals surface area contributed by atoms with Crippen molar-refractivity contribution >= 4 is 0 Å². The van der Waals surface area contributed by atoms with Crippen LogP contribution in [0.25, 0.3) is 0 Å². The molecule has 2 heteroatoms. The molecule has 1 aliphatic rings. The van der Waals surface area contributed by atoms with Crippen LogP contribution < -0.4 is 0 Å². The van der Waals surface area contributed by atoms with E-state index >= 15 is 0 Å². The summed E-state index contributed by atoms with van der Waals surface area (Å²) in [6.07, 6.45) is 8.55. The SMILES string of the molecule is CCCC1(OCc2ccccc2O)CCCCC1. The summed E-state index contributed by atoms with van der Waals surface area (Å²) in [5, 5.41) is 9.77. The highest BCUT2D eigenvalue weighted by molar-refractivity contribution is 5.31. The van der Waals surface area contributed by atoms with Gasteiger partial charge in [0.2, 0.25) is 0 Å². The van der Waals surface area contributed by atoms with Crippen molar-refractivity contribution in [1.29, 1.82) is 0 Å². The summed E-state index contributed by atoms with van der Waals surface area (Å²) in [6.45, 7) is 2.76. The molecule has 100 valence electrons. The number of para-hydroxylation sites is 1. The zero-order valence-corrected chi connectivity index (χ0v) is 11.3. The second-order valence-corrected chi connectivity index (χ2v) is 5.41. The van der Waals surface area contributed by atoms with Crippen LogP contribution in [-0.4, -0.2) is 10.7 Å². The molecule has 0 radical (unpaired) electrons. The van der Waals surface area contributed by atoms with Crippen LogP contribution in [0.1, 0.15) is 57.4 Å². The highest BCUT2D eigenvalue weighted by atomic mass is 16.5. The maximum Gasteiger partial charge on any atom is 0.121 e. The average molecular weight is 248 g/mol. The van der Waals surface area contributed by atoms with Gasteiger partial charge in [-0.15, -0.1) is 0 Å². The Morgan fingerprint density at radius 2 is 1.89 bits per heavy atom. The Hall–Kier alpha value is -1.02. The highest BCUT2D eigenvalue weighted by Gasteiger charge is 2.32. The molecule has 0 bridgehead atoms. The second kappa shape index (κ2) is 6.24. The van der Waals surface area contributed by atoms with Gasteiger partial charge in [0.15, 0.2) is 0 Å². The van der Waals surface area contributed by atoms with Crippen LogP contribution in [0, 0.1) is 0 Å². The normalized spacial score (nSPS) is 18.7. The van der Waals surface area contributed by atoms with Gasteiger partial charge in [-0.05, 0) is 25.3 Å². The van der Waals surface area contributed by atoms with Crippen molar-refractivity contribution in [2.45, 2.75) is 64.1 Å². The van der Waals surface area contributed by atoms with Gasteiger partial charge >= 0.3 is 0 Å². The van der Waals surface area contributed by atoms with Gasteiger partial charge in [0.1, 0.15) is 5.75 Å². The lowest BCUT2D eigenvalue weighted by molar-refractivity contribution is -0.0864. The Bertz CT molecular complexity index is 362. The van der Waals surface area contributed by atoms with Crippen molar-refractivity contribution in [2.75, 3.05) is 0 Å². The molecule has 0 atom stereocenters. The smallest absolute Gasteiger partial charge is 0.121 e. The lowest BCUT2D eigenvalue weighted by Gasteiger charge is -2.37. The minimum absolute atomic E-state index is 0.0648. The number of ether oxygens (including phenoxy) is 1. The van der Waals surface area contributed by atoms with Crippen molar-refractivity contribution in [3.63, 3.8) is 0 Å². The van der Waals surface area contributed by atoms with Gasteiger partial charge in [0, 0.05) is 5.56 Å². The van der Waals surface area contributed by atoms with E-state index in [1.807, 2.05) is 18.2 Å². The third-order valence-electron chi connectivity index (χ3n) is 4.00. The summed E-state index contributed by atoms with van der Waals surface area (Å²) >= 11 is 0. The molecule has 2 nitrogen and oxygen atoms in total. The molecule has 0 saturated heterocycles. The first-order valence-electron chi connectivity index (χ1n) is 7.17. The summed E-state index contributed by atoms with van der Waals surface area (Å²) in [4.78, 5) is 0. The number of phenolic OH excluding ortho intramolecular Hbond substituents is 1. The predicted molar refractivity (Wildman–Crippen MR) is 73.6 cm³/mol. The lowest BCUT2D eigenvalue weighted by atomic mass is 9.81. The van der Waals surface area contributed by atoms with Gasteiger partial charge in [-0.3, -0.25) is 0 Å². The van der Waals surface area contributed by atoms with Crippen LogP contribution in [-0.2, 0) is 11.3 Å². The van der Waals surface area contributed by atoms with E-state index in [2.05, 4.69) is 6.92 Å². The molecule has 0 unspecified atom stereocenters. The largest absolute Gasteiger partial charge is 0.508 e. The molecule has 1 saturated carbocycles. The molecule has 0 heterocycles. The fourth-order valence-electron chi connectivity index (χ4n) is 2.98. The summed E-state index contributed by atoms with van der Waals surface area (Å²) in [7, 11) is 0. The van der Waals surface area contributed by atoms with E-state index in [4.69, 9.17) is 4.74 Å². The molecular formula is C16H24O2. The summed E-state index contributed by atoms with van der Waals surface area (Å²) in [6, 6.07) is 7.47. The van der Waals surface area contributed by atoms with Gasteiger partial charge in [-0.1, -0.05) is 50.8 Å². The third-order valence-corrected chi connectivity index (χ3v) is 4.00. The number of benzene rings is 1. The van der Waals surface area contributed by atoms with Gasteiger partial charge in [-0.25, -0.2) is 0 Å². The first-order chi connectivity index (χ1) is 8.76. The van der Waals surface area contributed by atoms with Gasteiger partial charge in [0.25, 0.3) is 0 Å². The van der Waals surface area contributed by atoms with E-state index in [9.17, 15) is 5.11 Å². The summed E-state index contributed by atoms with van der Waals surface area (Å²) in [5.41, 5.74) is 0.966. The Morgan fingerprint density at radius 1 is 1.17 bits per heavy atom. The first kappa shape index (κ1) is 13.4. The Morgan fingerprint density at radius 3 is 2.56 bits per heavy atom. The summed E-state index contributed by atoms with van der Waals surface area (Å²) < 4.78 is 6.22. The number of phenols is 1. The zero-order valence-electron chi connectivity index (χ0n) is 11.3. The number of aromatic hydroxyl groups is 1. The lowest BCUT2D eigenvalue weighted by Crippen LogP contribution is -2.34. The van der Waals surface area contributed by atoms with E-state index < -0.39 is 0 Å². The minimum atomic E-state index is 0.0648. The van der Waals surface area contributed by atoms with Crippen LogP contribution in [0.15, 0.2) is 24.3 Å². The predicted octanol–water partition coefficient (Wildman–Crippen LogP) is 4.41. The molecule has 0 spiro atoms. The molecule has 0 amide bonds. The number of rotatable bonds is 5. The molecule has 1 aromatic carbocycles. The van der Waals surface area contributed by atoms with Gasteiger partial charge in [-0.2, -0.15) is 0 Å². The molecule has 1 aromatic rings. The van der Waals surface area contributed by atoms with Gasteiger partial charge in [0.05, 0.1) is 12.2 Å². The maximum absolute atomic E-state index is 9.77. The monoisotopic (exact) mass is 248 g/mol.